The smallest absolute Gasteiger partial charge is 0.184 e. The third kappa shape index (κ3) is 4.52. The van der Waals surface area contributed by atoms with E-state index in [0.29, 0.717) is 0 Å². The van der Waals surface area contributed by atoms with Crippen LogP contribution in [-0.4, -0.2) is 15.9 Å². The molecule has 19 heavy (non-hydrogen) atoms. The number of hydrazone groups is 1. The number of hydrogen-bond donors (Lipinski definition) is 3. The van der Waals surface area contributed by atoms with Crippen LogP contribution in [0.15, 0.2) is 17.2 Å². The molecule has 0 atom stereocenters. The number of nitrogens with zero attached hydrogens (tertiary/aromatic N) is 1. The molecule has 1 rings (SSSR count). The maximum Gasteiger partial charge on any atom is 0.184 e. The molecule has 0 aliphatic rings. The van der Waals surface area contributed by atoms with Crippen LogP contribution in [0.5, 0.6) is 5.75 Å². The zero-order chi connectivity index (χ0) is 14.4. The number of rotatable bonds is 5. The van der Waals surface area contributed by atoms with Crippen molar-refractivity contribution >= 4 is 23.0 Å². The standard InChI is InChI=1S/C14H21N3OS/c1-4-5-6-12(16-17-14(15)19)11-8-9(2)7-10(3)13(11)18/h7-8,18H,4-6H2,1-3H3,(H3,15,17,19)/b16-12-. The lowest BCUT2D eigenvalue weighted by molar-refractivity contribution is 0.469. The molecule has 0 aliphatic heterocycles. The van der Waals surface area contributed by atoms with E-state index in [1.54, 1.807) is 0 Å². The van der Waals surface area contributed by atoms with Crippen molar-refractivity contribution in [3.8, 4) is 5.75 Å². The average molecular weight is 279 g/mol. The van der Waals surface area contributed by atoms with Gasteiger partial charge in [0.1, 0.15) is 5.75 Å². The summed E-state index contributed by atoms with van der Waals surface area (Å²) in [6.07, 6.45) is 2.81. The van der Waals surface area contributed by atoms with Gasteiger partial charge in [-0.15, -0.1) is 0 Å². The highest BCUT2D eigenvalue weighted by atomic mass is 32.1. The van der Waals surface area contributed by atoms with Gasteiger partial charge in [-0.25, -0.2) is 0 Å². The zero-order valence-electron chi connectivity index (χ0n) is 11.7. The summed E-state index contributed by atoms with van der Waals surface area (Å²) >= 11 is 4.76. The predicted octanol–water partition coefficient (Wildman–Crippen LogP) is 2.74. The number of nitrogens with two attached hydrogens (primary N) is 1. The number of phenols is 1. The van der Waals surface area contributed by atoms with Crippen molar-refractivity contribution in [1.29, 1.82) is 0 Å². The summed E-state index contributed by atoms with van der Waals surface area (Å²) in [6, 6.07) is 3.87. The van der Waals surface area contributed by atoms with Crippen molar-refractivity contribution in [3.63, 3.8) is 0 Å². The number of unbranched alkanes of at least 4 members (excludes halogenated alkanes) is 1. The number of aromatic hydroxyl groups is 1. The Hall–Kier alpha value is -1.62. The van der Waals surface area contributed by atoms with Crippen LogP contribution < -0.4 is 11.2 Å². The van der Waals surface area contributed by atoms with E-state index in [-0.39, 0.29) is 10.9 Å². The Morgan fingerprint density at radius 1 is 1.42 bits per heavy atom. The fourth-order valence-electron chi connectivity index (χ4n) is 1.90. The quantitative estimate of drug-likeness (QED) is 0.440. The Morgan fingerprint density at radius 2 is 2.11 bits per heavy atom. The molecule has 5 heteroatoms. The van der Waals surface area contributed by atoms with E-state index in [1.807, 2.05) is 26.0 Å². The summed E-state index contributed by atoms with van der Waals surface area (Å²) in [4.78, 5) is 0. The van der Waals surface area contributed by atoms with Crippen molar-refractivity contribution in [2.45, 2.75) is 40.0 Å². The minimum absolute atomic E-state index is 0.123. The molecular weight excluding hydrogens is 258 g/mol. The van der Waals surface area contributed by atoms with Gasteiger partial charge in [0, 0.05) is 5.56 Å². The number of nitrogens with one attached hydrogen (secondary N) is 1. The number of hydrogen-bond acceptors (Lipinski definition) is 3. The van der Waals surface area contributed by atoms with Crippen LogP contribution in [0.1, 0.15) is 42.9 Å². The molecule has 1 aromatic carbocycles. The summed E-state index contributed by atoms with van der Waals surface area (Å²) in [5, 5.41) is 14.5. The van der Waals surface area contributed by atoms with Gasteiger partial charge in [-0.05, 0) is 56.1 Å². The molecule has 4 N–H and O–H groups in total. The second-order valence-corrected chi connectivity index (χ2v) is 5.06. The van der Waals surface area contributed by atoms with Gasteiger partial charge in [0.15, 0.2) is 5.11 Å². The van der Waals surface area contributed by atoms with Crippen molar-refractivity contribution in [2.24, 2.45) is 10.8 Å². The Bertz CT molecular complexity index is 498. The van der Waals surface area contributed by atoms with Gasteiger partial charge in [0.25, 0.3) is 0 Å². The first-order valence-corrected chi connectivity index (χ1v) is 6.79. The molecule has 0 bridgehead atoms. The molecule has 4 nitrogen and oxygen atoms in total. The highest BCUT2D eigenvalue weighted by Gasteiger charge is 2.12. The van der Waals surface area contributed by atoms with Crippen molar-refractivity contribution < 1.29 is 5.11 Å². The topological polar surface area (TPSA) is 70.6 Å². The Balaban J connectivity index is 3.16. The molecule has 0 spiro atoms. The third-order valence-corrected chi connectivity index (χ3v) is 2.92. The van der Waals surface area contributed by atoms with Gasteiger partial charge < -0.3 is 10.8 Å². The lowest BCUT2D eigenvalue weighted by Crippen LogP contribution is -2.25. The molecule has 0 heterocycles. The average Bonchev–Trinajstić information content (AvgIpc) is 2.34. The monoisotopic (exact) mass is 279 g/mol. The van der Waals surface area contributed by atoms with Crippen molar-refractivity contribution in [2.75, 3.05) is 0 Å². The fourth-order valence-corrected chi connectivity index (χ4v) is 1.94. The first kappa shape index (κ1) is 15.4. The molecule has 104 valence electrons. The second kappa shape index (κ2) is 7.09. The van der Waals surface area contributed by atoms with Gasteiger partial charge in [-0.2, -0.15) is 5.10 Å². The maximum atomic E-state index is 10.2. The second-order valence-electron chi connectivity index (χ2n) is 4.62. The third-order valence-electron chi connectivity index (χ3n) is 2.82. The highest BCUT2D eigenvalue weighted by Crippen LogP contribution is 2.25. The van der Waals surface area contributed by atoms with E-state index in [4.69, 9.17) is 18.0 Å². The van der Waals surface area contributed by atoms with Crippen LogP contribution in [0.25, 0.3) is 0 Å². The maximum absolute atomic E-state index is 10.2. The molecule has 0 amide bonds. The van der Waals surface area contributed by atoms with Crippen LogP contribution in [0, 0.1) is 13.8 Å². The lowest BCUT2D eigenvalue weighted by Gasteiger charge is -2.12. The number of aryl methyl sites for hydroxylation is 2. The molecule has 0 aromatic heterocycles. The van der Waals surface area contributed by atoms with Crippen LogP contribution >= 0.6 is 12.2 Å². The fraction of sp³-hybridized carbons (Fsp3) is 0.429. The molecule has 0 radical (unpaired) electrons. The van der Waals surface area contributed by atoms with Crippen LogP contribution in [-0.2, 0) is 0 Å². The van der Waals surface area contributed by atoms with Gasteiger partial charge in [0.05, 0.1) is 5.71 Å². The molecule has 0 saturated carbocycles. The molecule has 0 fully saturated rings. The van der Waals surface area contributed by atoms with Gasteiger partial charge in [-0.1, -0.05) is 19.4 Å². The van der Waals surface area contributed by atoms with Gasteiger partial charge >= 0.3 is 0 Å². The Morgan fingerprint density at radius 3 is 2.68 bits per heavy atom. The van der Waals surface area contributed by atoms with E-state index < -0.39 is 0 Å². The molecule has 0 unspecified atom stereocenters. The van der Waals surface area contributed by atoms with Crippen molar-refractivity contribution in [1.82, 2.24) is 5.43 Å². The molecular formula is C14H21N3OS. The summed E-state index contributed by atoms with van der Waals surface area (Å²) in [5.74, 6) is 0.269. The zero-order valence-corrected chi connectivity index (χ0v) is 12.5. The van der Waals surface area contributed by atoms with Crippen LogP contribution in [0.3, 0.4) is 0 Å². The SMILES string of the molecule is CCCC/C(=N/NC(N)=S)c1cc(C)cc(C)c1O. The first-order valence-electron chi connectivity index (χ1n) is 6.38. The Labute approximate surface area is 119 Å². The highest BCUT2D eigenvalue weighted by molar-refractivity contribution is 7.80. The van der Waals surface area contributed by atoms with E-state index in [9.17, 15) is 5.11 Å². The molecule has 0 saturated heterocycles. The number of phenolic OH excluding ortho intramolecular Hbond substituents is 1. The summed E-state index contributed by atoms with van der Waals surface area (Å²) in [6.45, 7) is 5.98. The molecule has 1 aromatic rings. The van der Waals surface area contributed by atoms with Crippen LogP contribution in [0.4, 0.5) is 0 Å². The largest absolute Gasteiger partial charge is 0.507 e. The van der Waals surface area contributed by atoms with Gasteiger partial charge in [0.2, 0.25) is 0 Å². The van der Waals surface area contributed by atoms with E-state index in [2.05, 4.69) is 17.5 Å². The summed E-state index contributed by atoms with van der Waals surface area (Å²) in [7, 11) is 0. The number of benzene rings is 1. The van der Waals surface area contributed by atoms with Crippen LogP contribution in [0.2, 0.25) is 0 Å². The lowest BCUT2D eigenvalue weighted by atomic mass is 9.99. The Kier molecular flexibility index (Phi) is 5.76. The summed E-state index contributed by atoms with van der Waals surface area (Å²) in [5.41, 5.74) is 11.5. The number of thiocarbonyl (C=S) groups is 1. The minimum Gasteiger partial charge on any atom is -0.507 e. The van der Waals surface area contributed by atoms with Gasteiger partial charge in [-0.3, -0.25) is 5.43 Å². The predicted molar refractivity (Wildman–Crippen MR) is 83.6 cm³/mol. The normalized spacial score (nSPS) is 11.4. The minimum atomic E-state index is 0.123. The first-order chi connectivity index (χ1) is 8.95. The van der Waals surface area contributed by atoms with E-state index >= 15 is 0 Å². The van der Waals surface area contributed by atoms with E-state index in [0.717, 1.165) is 41.7 Å². The molecule has 0 aliphatic carbocycles. The van der Waals surface area contributed by atoms with Crippen molar-refractivity contribution in [3.05, 3.63) is 28.8 Å². The van der Waals surface area contributed by atoms with E-state index in [1.165, 1.54) is 0 Å². The summed E-state index contributed by atoms with van der Waals surface area (Å²) < 4.78 is 0.